The first-order chi connectivity index (χ1) is 10.2. The number of benzene rings is 2. The van der Waals surface area contributed by atoms with Crippen molar-refractivity contribution in [2.24, 2.45) is 0 Å². The van der Waals surface area contributed by atoms with Crippen molar-refractivity contribution in [1.82, 2.24) is 0 Å². The van der Waals surface area contributed by atoms with Gasteiger partial charge in [0.05, 0.1) is 8.42 Å². The lowest BCUT2D eigenvalue weighted by Crippen LogP contribution is -1.72. The molecule has 0 bridgehead atoms. The van der Waals surface area contributed by atoms with Gasteiger partial charge in [0.15, 0.2) is 0 Å². The minimum absolute atomic E-state index is 1.30. The van der Waals surface area contributed by atoms with E-state index in [4.69, 9.17) is 0 Å². The maximum Gasteiger partial charge on any atom is 0.0658 e. The second kappa shape index (κ2) is 6.73. The summed E-state index contributed by atoms with van der Waals surface area (Å²) < 4.78 is 2.68. The molecular weight excluding hydrogens is 312 g/mol. The molecule has 0 radical (unpaired) electrons. The highest BCUT2D eigenvalue weighted by atomic mass is 32.2. The van der Waals surface area contributed by atoms with Crippen LogP contribution in [0.4, 0.5) is 0 Å². The third-order valence-corrected chi connectivity index (χ3v) is 6.40. The van der Waals surface area contributed by atoms with E-state index < -0.39 is 0 Å². The summed E-state index contributed by atoms with van der Waals surface area (Å²) in [5.74, 6) is 0. The van der Waals surface area contributed by atoms with E-state index >= 15 is 0 Å². The molecule has 0 aliphatic heterocycles. The predicted molar refractivity (Wildman–Crippen MR) is 94.9 cm³/mol. The zero-order chi connectivity index (χ0) is 14.7. The van der Waals surface area contributed by atoms with E-state index in [1.807, 2.05) is 34.9 Å². The second-order valence-corrected chi connectivity index (χ2v) is 8.74. The lowest BCUT2D eigenvalue weighted by Gasteiger charge is -2.00. The average molecular weight is 329 g/mol. The highest BCUT2D eigenvalue weighted by Crippen LogP contribution is 2.39. The van der Waals surface area contributed by atoms with E-state index in [2.05, 4.69) is 74.5 Å². The maximum absolute atomic E-state index is 2.21. The summed E-state index contributed by atoms with van der Waals surface area (Å²) in [6.45, 7) is 4.24. The fourth-order valence-corrected chi connectivity index (χ4v) is 5.22. The molecule has 0 nitrogen and oxygen atoms in total. The molecule has 0 spiro atoms. The summed E-state index contributed by atoms with van der Waals surface area (Å²) in [4.78, 5) is 2.60. The van der Waals surface area contributed by atoms with Crippen LogP contribution in [0.15, 0.2) is 78.9 Å². The van der Waals surface area contributed by atoms with Crippen molar-refractivity contribution in [3.63, 3.8) is 0 Å². The monoisotopic (exact) mass is 328 g/mol. The van der Waals surface area contributed by atoms with E-state index in [9.17, 15) is 0 Å². The Labute approximate surface area is 138 Å². The first-order valence-corrected chi connectivity index (χ1v) is 9.23. The molecule has 3 heteroatoms. The number of rotatable bonds is 4. The van der Waals surface area contributed by atoms with Gasteiger partial charge in [0.25, 0.3) is 0 Å². The minimum atomic E-state index is 1.30. The smallest absolute Gasteiger partial charge is 0.0658 e. The van der Waals surface area contributed by atoms with Crippen LogP contribution in [0.1, 0.15) is 11.1 Å². The first-order valence-electron chi connectivity index (χ1n) is 6.78. The highest BCUT2D eigenvalue weighted by Gasteiger charge is 2.04. The fraction of sp³-hybridized carbons (Fsp3) is 0.111. The van der Waals surface area contributed by atoms with Crippen LogP contribution in [0, 0.1) is 13.8 Å². The zero-order valence-corrected chi connectivity index (χ0v) is 14.4. The molecule has 0 unspecified atom stereocenters. The lowest BCUT2D eigenvalue weighted by atomic mass is 10.2. The van der Waals surface area contributed by atoms with Crippen molar-refractivity contribution in [3.05, 3.63) is 71.8 Å². The van der Waals surface area contributed by atoms with Gasteiger partial charge in [-0.1, -0.05) is 58.9 Å². The quantitative estimate of drug-likeness (QED) is 0.524. The van der Waals surface area contributed by atoms with Gasteiger partial charge in [-0.2, -0.15) is 0 Å². The van der Waals surface area contributed by atoms with Gasteiger partial charge in [0.2, 0.25) is 0 Å². The summed E-state index contributed by atoms with van der Waals surface area (Å²) >= 11 is 5.53. The molecule has 0 saturated carbocycles. The van der Waals surface area contributed by atoms with Crippen LogP contribution in [-0.4, -0.2) is 0 Å². The Kier molecular flexibility index (Phi) is 4.73. The van der Waals surface area contributed by atoms with Gasteiger partial charge < -0.3 is 0 Å². The Bertz CT molecular complexity index is 647. The van der Waals surface area contributed by atoms with E-state index in [1.165, 1.54) is 29.3 Å². The number of aryl methyl sites for hydroxylation is 2. The number of thiophene rings is 1. The molecule has 0 N–H and O–H groups in total. The van der Waals surface area contributed by atoms with Gasteiger partial charge in [-0.15, -0.1) is 11.3 Å². The van der Waals surface area contributed by atoms with Gasteiger partial charge in [-0.3, -0.25) is 0 Å². The second-order valence-electron chi connectivity index (χ2n) is 4.90. The van der Waals surface area contributed by atoms with E-state index in [-0.39, 0.29) is 0 Å². The van der Waals surface area contributed by atoms with Crippen LogP contribution in [-0.2, 0) is 0 Å². The molecule has 0 saturated heterocycles. The van der Waals surface area contributed by atoms with Crippen molar-refractivity contribution < 1.29 is 0 Å². The van der Waals surface area contributed by atoms with Crippen LogP contribution in [0.3, 0.4) is 0 Å². The molecule has 1 aromatic heterocycles. The number of hydrogen-bond acceptors (Lipinski definition) is 3. The van der Waals surface area contributed by atoms with Crippen LogP contribution in [0.5, 0.6) is 0 Å². The summed E-state index contributed by atoms with van der Waals surface area (Å²) in [6, 6.07) is 21.8. The molecule has 0 aliphatic carbocycles. The molecule has 3 aromatic rings. The topological polar surface area (TPSA) is 0 Å². The normalized spacial score (nSPS) is 10.8. The van der Waals surface area contributed by atoms with Gasteiger partial charge >= 0.3 is 0 Å². The molecule has 0 amide bonds. The third-order valence-electron chi connectivity index (χ3n) is 3.04. The van der Waals surface area contributed by atoms with E-state index in [0.29, 0.717) is 0 Å². The first kappa shape index (κ1) is 14.8. The Morgan fingerprint density at radius 1 is 0.571 bits per heavy atom. The Morgan fingerprint density at radius 2 is 0.952 bits per heavy atom. The van der Waals surface area contributed by atoms with Crippen LogP contribution in [0.25, 0.3) is 0 Å². The van der Waals surface area contributed by atoms with Crippen LogP contribution < -0.4 is 0 Å². The number of hydrogen-bond donors (Lipinski definition) is 0. The molecular formula is C18H16S3. The standard InChI is InChI=1S/C18H16S3/c1-13-3-7-15(8-4-13)19-17-11-12-18(21-17)20-16-9-5-14(2)6-10-16/h3-12H,1-2H3. The van der Waals surface area contributed by atoms with Gasteiger partial charge in [0, 0.05) is 9.79 Å². The largest absolute Gasteiger partial charge is 0.122 e. The van der Waals surface area contributed by atoms with E-state index in [1.54, 1.807) is 0 Å². The van der Waals surface area contributed by atoms with Crippen LogP contribution >= 0.6 is 34.9 Å². The Balaban J connectivity index is 1.68. The molecule has 0 atom stereocenters. The van der Waals surface area contributed by atoms with Crippen molar-refractivity contribution in [2.45, 2.75) is 32.1 Å². The van der Waals surface area contributed by atoms with Gasteiger partial charge in [0.1, 0.15) is 0 Å². The fourth-order valence-electron chi connectivity index (χ4n) is 1.86. The van der Waals surface area contributed by atoms with Gasteiger partial charge in [-0.05, 0) is 50.2 Å². The van der Waals surface area contributed by atoms with Crippen LogP contribution in [0.2, 0.25) is 0 Å². The summed E-state index contributed by atoms with van der Waals surface area (Å²) in [6.07, 6.45) is 0. The SMILES string of the molecule is Cc1ccc(Sc2ccc(Sc3ccc(C)cc3)s2)cc1. The lowest BCUT2D eigenvalue weighted by molar-refractivity contribution is 1.37. The third kappa shape index (κ3) is 4.16. The van der Waals surface area contributed by atoms with Crippen molar-refractivity contribution in [1.29, 1.82) is 0 Å². The van der Waals surface area contributed by atoms with Crippen molar-refractivity contribution in [2.75, 3.05) is 0 Å². The highest BCUT2D eigenvalue weighted by molar-refractivity contribution is 8.03. The maximum atomic E-state index is 2.21. The minimum Gasteiger partial charge on any atom is -0.122 e. The summed E-state index contributed by atoms with van der Waals surface area (Å²) in [5, 5.41) is 0. The van der Waals surface area contributed by atoms with Crippen molar-refractivity contribution >= 4 is 34.9 Å². The Hall–Kier alpha value is -1.16. The van der Waals surface area contributed by atoms with E-state index in [0.717, 1.165) is 0 Å². The van der Waals surface area contributed by atoms with Crippen molar-refractivity contribution in [3.8, 4) is 0 Å². The molecule has 0 aliphatic rings. The van der Waals surface area contributed by atoms with Gasteiger partial charge in [-0.25, -0.2) is 0 Å². The summed E-state index contributed by atoms with van der Waals surface area (Å²) in [5.41, 5.74) is 2.61. The molecule has 2 aromatic carbocycles. The summed E-state index contributed by atoms with van der Waals surface area (Å²) in [7, 11) is 0. The molecule has 106 valence electrons. The molecule has 3 rings (SSSR count). The Morgan fingerprint density at radius 3 is 1.33 bits per heavy atom. The average Bonchev–Trinajstić information content (AvgIpc) is 2.91. The molecule has 1 heterocycles. The zero-order valence-electron chi connectivity index (χ0n) is 12.0. The molecule has 0 fully saturated rings. The predicted octanol–water partition coefficient (Wildman–Crippen LogP) is 6.67. The molecule has 21 heavy (non-hydrogen) atoms.